The van der Waals surface area contributed by atoms with Gasteiger partial charge in [0, 0.05) is 18.7 Å². The predicted molar refractivity (Wildman–Crippen MR) is 57.2 cm³/mol. The first-order chi connectivity index (χ1) is 7.15. The van der Waals surface area contributed by atoms with Gasteiger partial charge in [-0.1, -0.05) is 0 Å². The number of hydrogen-bond donors (Lipinski definition) is 1. The van der Waals surface area contributed by atoms with Gasteiger partial charge in [-0.15, -0.1) is 0 Å². The van der Waals surface area contributed by atoms with Crippen molar-refractivity contribution in [2.45, 2.75) is 32.4 Å². The summed E-state index contributed by atoms with van der Waals surface area (Å²) < 4.78 is 13.0. The van der Waals surface area contributed by atoms with Crippen LogP contribution in [0.4, 0.5) is 4.39 Å². The van der Waals surface area contributed by atoms with Gasteiger partial charge in [0.25, 0.3) is 0 Å². The Bertz CT molecular complexity index is 333. The van der Waals surface area contributed by atoms with Gasteiger partial charge in [0.15, 0.2) is 0 Å². The number of hydrogen-bond acceptors (Lipinski definition) is 2. The maximum absolute atomic E-state index is 13.0. The van der Waals surface area contributed by atoms with Gasteiger partial charge in [0.05, 0.1) is 0 Å². The summed E-state index contributed by atoms with van der Waals surface area (Å²) in [6.07, 6.45) is 2.42. The molecule has 1 aliphatic heterocycles. The number of rotatable bonds is 2. The molecule has 1 aliphatic rings. The number of halogens is 1. The second-order valence-corrected chi connectivity index (χ2v) is 4.28. The van der Waals surface area contributed by atoms with E-state index in [0.717, 1.165) is 24.7 Å². The Morgan fingerprint density at radius 3 is 2.87 bits per heavy atom. The largest absolute Gasteiger partial charge is 0.508 e. The zero-order valence-corrected chi connectivity index (χ0v) is 8.91. The summed E-state index contributed by atoms with van der Waals surface area (Å²) in [6, 6.07) is 4.82. The number of likely N-dealkylation sites (tertiary alicyclic amines) is 1. The van der Waals surface area contributed by atoms with E-state index in [9.17, 15) is 9.50 Å². The summed E-state index contributed by atoms with van der Waals surface area (Å²) in [5.74, 6) is -0.353. The molecule has 0 aromatic heterocycles. The Labute approximate surface area is 89.3 Å². The molecule has 1 fully saturated rings. The van der Waals surface area contributed by atoms with Gasteiger partial charge >= 0.3 is 0 Å². The monoisotopic (exact) mass is 209 g/mol. The highest BCUT2D eigenvalue weighted by molar-refractivity contribution is 5.28. The average Bonchev–Trinajstić information content (AvgIpc) is 2.50. The van der Waals surface area contributed by atoms with Gasteiger partial charge in [-0.05, 0) is 44.0 Å². The molecule has 2 nitrogen and oxygen atoms in total. The molecule has 3 heteroatoms. The van der Waals surface area contributed by atoms with E-state index in [-0.39, 0.29) is 11.6 Å². The van der Waals surface area contributed by atoms with Crippen LogP contribution in [0.25, 0.3) is 0 Å². The molecule has 1 aromatic rings. The molecule has 1 aromatic carbocycles. The zero-order valence-electron chi connectivity index (χ0n) is 8.91. The lowest BCUT2D eigenvalue weighted by Gasteiger charge is -2.20. The summed E-state index contributed by atoms with van der Waals surface area (Å²) in [7, 11) is 0. The third kappa shape index (κ3) is 2.48. The van der Waals surface area contributed by atoms with Crippen molar-refractivity contribution in [3.8, 4) is 5.75 Å². The van der Waals surface area contributed by atoms with E-state index in [1.807, 2.05) is 0 Å². The fraction of sp³-hybridized carbons (Fsp3) is 0.500. The van der Waals surface area contributed by atoms with Crippen molar-refractivity contribution in [2.75, 3.05) is 6.54 Å². The minimum Gasteiger partial charge on any atom is -0.508 e. The summed E-state index contributed by atoms with van der Waals surface area (Å²) in [5, 5.41) is 9.28. The van der Waals surface area contributed by atoms with Crippen LogP contribution in [0.5, 0.6) is 5.75 Å². The maximum atomic E-state index is 13.0. The van der Waals surface area contributed by atoms with E-state index in [1.165, 1.54) is 18.9 Å². The Hall–Kier alpha value is -1.09. The molecule has 1 saturated heterocycles. The molecule has 0 aliphatic carbocycles. The molecule has 1 atom stereocenters. The van der Waals surface area contributed by atoms with E-state index < -0.39 is 0 Å². The van der Waals surface area contributed by atoms with E-state index >= 15 is 0 Å². The van der Waals surface area contributed by atoms with Gasteiger partial charge < -0.3 is 5.11 Å². The smallest absolute Gasteiger partial charge is 0.127 e. The highest BCUT2D eigenvalue weighted by atomic mass is 19.1. The minimum atomic E-state index is -0.364. The van der Waals surface area contributed by atoms with Gasteiger partial charge in [-0.3, -0.25) is 4.90 Å². The standard InChI is InChI=1S/C12H16FNO/c1-9-3-2-4-14(9)8-10-5-11(13)7-12(15)6-10/h5-7,9,15H,2-4,8H2,1H3/t9-/m0/s1. The molecular formula is C12H16FNO. The molecular weight excluding hydrogens is 193 g/mol. The van der Waals surface area contributed by atoms with Crippen LogP contribution in [0.3, 0.4) is 0 Å². The van der Waals surface area contributed by atoms with Crippen molar-refractivity contribution in [3.05, 3.63) is 29.6 Å². The first-order valence-electron chi connectivity index (χ1n) is 5.37. The Morgan fingerprint density at radius 1 is 1.47 bits per heavy atom. The second kappa shape index (κ2) is 4.19. The van der Waals surface area contributed by atoms with Crippen LogP contribution in [-0.2, 0) is 6.54 Å². The summed E-state index contributed by atoms with van der Waals surface area (Å²) in [6.45, 7) is 3.98. The van der Waals surface area contributed by atoms with Crippen molar-refractivity contribution in [2.24, 2.45) is 0 Å². The number of aromatic hydroxyl groups is 1. The first kappa shape index (κ1) is 10.4. The van der Waals surface area contributed by atoms with Crippen molar-refractivity contribution in [1.29, 1.82) is 0 Å². The molecule has 2 rings (SSSR count). The van der Waals surface area contributed by atoms with Crippen molar-refractivity contribution in [1.82, 2.24) is 4.90 Å². The molecule has 15 heavy (non-hydrogen) atoms. The normalized spacial score (nSPS) is 22.1. The third-order valence-corrected chi connectivity index (χ3v) is 3.02. The SMILES string of the molecule is C[C@H]1CCCN1Cc1cc(O)cc(F)c1. The Morgan fingerprint density at radius 2 is 2.27 bits per heavy atom. The summed E-state index contributed by atoms with van der Waals surface area (Å²) in [4.78, 5) is 2.31. The summed E-state index contributed by atoms with van der Waals surface area (Å²) in [5.41, 5.74) is 0.848. The maximum Gasteiger partial charge on any atom is 0.127 e. The molecule has 0 amide bonds. The second-order valence-electron chi connectivity index (χ2n) is 4.28. The predicted octanol–water partition coefficient (Wildman–Crippen LogP) is 2.52. The zero-order chi connectivity index (χ0) is 10.8. The Kier molecular flexibility index (Phi) is 2.91. The molecule has 0 unspecified atom stereocenters. The summed E-state index contributed by atoms with van der Waals surface area (Å²) >= 11 is 0. The number of phenolic OH excluding ortho intramolecular Hbond substituents is 1. The minimum absolute atomic E-state index is 0.0110. The number of phenols is 1. The molecule has 0 bridgehead atoms. The lowest BCUT2D eigenvalue weighted by Crippen LogP contribution is -2.26. The molecule has 0 radical (unpaired) electrons. The van der Waals surface area contributed by atoms with Crippen LogP contribution in [0.2, 0.25) is 0 Å². The lowest BCUT2D eigenvalue weighted by molar-refractivity contribution is 0.259. The van der Waals surface area contributed by atoms with Crippen LogP contribution in [-0.4, -0.2) is 22.6 Å². The third-order valence-electron chi connectivity index (χ3n) is 3.02. The first-order valence-corrected chi connectivity index (χ1v) is 5.37. The van der Waals surface area contributed by atoms with E-state index in [2.05, 4.69) is 11.8 Å². The van der Waals surface area contributed by atoms with Gasteiger partial charge in [0.2, 0.25) is 0 Å². The van der Waals surface area contributed by atoms with Crippen LogP contribution in [0.15, 0.2) is 18.2 Å². The molecule has 1 N–H and O–H groups in total. The van der Waals surface area contributed by atoms with E-state index in [4.69, 9.17) is 0 Å². The highest BCUT2D eigenvalue weighted by Crippen LogP contribution is 2.21. The fourth-order valence-electron chi connectivity index (χ4n) is 2.19. The fourth-order valence-corrected chi connectivity index (χ4v) is 2.19. The van der Waals surface area contributed by atoms with Crippen LogP contribution in [0, 0.1) is 5.82 Å². The van der Waals surface area contributed by atoms with Crippen LogP contribution >= 0.6 is 0 Å². The molecule has 1 heterocycles. The molecule has 82 valence electrons. The molecule has 0 spiro atoms. The number of benzene rings is 1. The van der Waals surface area contributed by atoms with E-state index in [0.29, 0.717) is 6.04 Å². The van der Waals surface area contributed by atoms with E-state index in [1.54, 1.807) is 6.07 Å². The molecule has 0 saturated carbocycles. The van der Waals surface area contributed by atoms with Gasteiger partial charge in [-0.2, -0.15) is 0 Å². The highest BCUT2D eigenvalue weighted by Gasteiger charge is 2.20. The van der Waals surface area contributed by atoms with Crippen LogP contribution < -0.4 is 0 Å². The van der Waals surface area contributed by atoms with Crippen molar-refractivity contribution in [3.63, 3.8) is 0 Å². The van der Waals surface area contributed by atoms with Gasteiger partial charge in [0.1, 0.15) is 11.6 Å². The van der Waals surface area contributed by atoms with Gasteiger partial charge in [-0.25, -0.2) is 4.39 Å². The quantitative estimate of drug-likeness (QED) is 0.809. The Balaban J connectivity index is 2.10. The van der Waals surface area contributed by atoms with Crippen molar-refractivity contribution >= 4 is 0 Å². The number of nitrogens with zero attached hydrogens (tertiary/aromatic N) is 1. The average molecular weight is 209 g/mol. The van der Waals surface area contributed by atoms with Crippen molar-refractivity contribution < 1.29 is 9.50 Å². The topological polar surface area (TPSA) is 23.5 Å². The van der Waals surface area contributed by atoms with Crippen LogP contribution in [0.1, 0.15) is 25.3 Å². The lowest BCUT2D eigenvalue weighted by atomic mass is 10.2.